The van der Waals surface area contributed by atoms with E-state index >= 15 is 0 Å². The Bertz CT molecular complexity index is 1240. The van der Waals surface area contributed by atoms with Gasteiger partial charge in [-0.15, -0.1) is 0 Å². The van der Waals surface area contributed by atoms with Crippen molar-refractivity contribution in [2.24, 2.45) is 11.3 Å². The number of nitriles is 1. The first-order valence-electron chi connectivity index (χ1n) is 13.3. The van der Waals surface area contributed by atoms with Crippen LogP contribution in [0.4, 0.5) is 0 Å². The maximum Gasteiger partial charge on any atom is 0.241 e. The monoisotopic (exact) mass is 475 g/mol. The molecular weight excluding hydrogens is 442 g/mol. The largest absolute Gasteiger partial charge is 0.355 e. The molecule has 1 unspecified atom stereocenters. The maximum atomic E-state index is 13.7. The second kappa shape index (κ2) is 9.56. The number of fused-ring (bicyclic) bond motifs is 1. The van der Waals surface area contributed by atoms with Crippen molar-refractivity contribution in [2.75, 3.05) is 19.6 Å². The van der Waals surface area contributed by atoms with E-state index in [1.165, 1.54) is 16.7 Å². The number of nitrogens with zero attached hydrogens (tertiary/aromatic N) is 2. The Morgan fingerprint density at radius 3 is 2.08 bits per heavy atom. The van der Waals surface area contributed by atoms with E-state index in [9.17, 15) is 10.1 Å². The molecule has 3 aromatic carbocycles. The van der Waals surface area contributed by atoms with Crippen LogP contribution in [0.1, 0.15) is 65.3 Å². The molecule has 1 saturated heterocycles. The Kier molecular flexibility index (Phi) is 6.11. The van der Waals surface area contributed by atoms with E-state index in [0.717, 1.165) is 50.0 Å². The summed E-state index contributed by atoms with van der Waals surface area (Å²) in [6.45, 7) is 3.87. The second-order valence-electron chi connectivity index (χ2n) is 10.8. The van der Waals surface area contributed by atoms with Crippen LogP contribution in [-0.4, -0.2) is 30.4 Å². The molecule has 1 atom stereocenters. The second-order valence-corrected chi connectivity index (χ2v) is 10.8. The zero-order chi connectivity index (χ0) is 24.5. The molecule has 0 radical (unpaired) electrons. The van der Waals surface area contributed by atoms with Gasteiger partial charge in [0.2, 0.25) is 5.91 Å². The van der Waals surface area contributed by atoms with E-state index in [1.807, 2.05) is 12.1 Å². The van der Waals surface area contributed by atoms with Gasteiger partial charge in [-0.25, -0.2) is 0 Å². The lowest BCUT2D eigenvalue weighted by atomic mass is 9.52. The molecule has 0 spiro atoms. The number of nitrogens with one attached hydrogen (secondary N) is 1. The van der Waals surface area contributed by atoms with Crippen LogP contribution in [0.5, 0.6) is 0 Å². The van der Waals surface area contributed by atoms with Crippen LogP contribution in [0.15, 0.2) is 78.9 Å². The third-order valence-corrected chi connectivity index (χ3v) is 8.78. The third-order valence-electron chi connectivity index (χ3n) is 8.78. The van der Waals surface area contributed by atoms with Crippen molar-refractivity contribution in [3.63, 3.8) is 0 Å². The van der Waals surface area contributed by atoms with Crippen molar-refractivity contribution in [1.82, 2.24) is 10.2 Å². The Labute approximate surface area is 214 Å². The van der Waals surface area contributed by atoms with E-state index in [-0.39, 0.29) is 17.7 Å². The lowest BCUT2D eigenvalue weighted by Crippen LogP contribution is -2.50. The van der Waals surface area contributed by atoms with Gasteiger partial charge < -0.3 is 5.32 Å². The zero-order valence-electron chi connectivity index (χ0n) is 20.7. The molecule has 4 heteroatoms. The summed E-state index contributed by atoms with van der Waals surface area (Å²) in [7, 11) is 0. The van der Waals surface area contributed by atoms with Crippen molar-refractivity contribution >= 4 is 5.91 Å². The van der Waals surface area contributed by atoms with Crippen molar-refractivity contribution < 1.29 is 4.79 Å². The summed E-state index contributed by atoms with van der Waals surface area (Å²) in [6.07, 6.45) is 3.87. The van der Waals surface area contributed by atoms with E-state index < -0.39 is 5.41 Å². The van der Waals surface area contributed by atoms with Gasteiger partial charge >= 0.3 is 0 Å². The smallest absolute Gasteiger partial charge is 0.241 e. The Balaban J connectivity index is 1.10. The van der Waals surface area contributed by atoms with E-state index in [0.29, 0.717) is 18.9 Å². The van der Waals surface area contributed by atoms with Gasteiger partial charge in [0.15, 0.2) is 0 Å². The van der Waals surface area contributed by atoms with Crippen molar-refractivity contribution in [2.45, 2.75) is 44.1 Å². The standard InChI is InChI=1S/C32H33N3O/c33-22-32(20-29-25-10-4-6-12-27(25)30(32)28-13-7-5-11-26(28)29)31(36)34-17-14-23-15-18-35(19-16-23)21-24-8-2-1-3-9-24/h1-13,23,29-30H,14-21H2,(H,34,36). The summed E-state index contributed by atoms with van der Waals surface area (Å²) >= 11 is 0. The van der Waals surface area contributed by atoms with Crippen LogP contribution >= 0.6 is 0 Å². The van der Waals surface area contributed by atoms with Gasteiger partial charge in [0.05, 0.1) is 6.07 Å². The summed E-state index contributed by atoms with van der Waals surface area (Å²) in [4.78, 5) is 16.2. The van der Waals surface area contributed by atoms with Crippen molar-refractivity contribution in [3.05, 3.63) is 107 Å². The Hall–Kier alpha value is -3.42. The molecule has 7 rings (SSSR count). The highest BCUT2D eigenvalue weighted by Gasteiger charge is 2.57. The molecular formula is C32H33N3O. The summed E-state index contributed by atoms with van der Waals surface area (Å²) in [5.41, 5.74) is 5.18. The molecule has 3 aliphatic carbocycles. The van der Waals surface area contributed by atoms with E-state index in [1.54, 1.807) is 0 Å². The molecule has 4 nitrogen and oxygen atoms in total. The van der Waals surface area contributed by atoms with Crippen LogP contribution in [0, 0.1) is 22.7 Å². The number of benzene rings is 3. The quantitative estimate of drug-likeness (QED) is 0.505. The minimum Gasteiger partial charge on any atom is -0.355 e. The number of likely N-dealkylation sites (tertiary alicyclic amines) is 1. The summed E-state index contributed by atoms with van der Waals surface area (Å²) in [5.74, 6) is 0.424. The van der Waals surface area contributed by atoms with Gasteiger partial charge in [-0.05, 0) is 72.5 Å². The van der Waals surface area contributed by atoms with Gasteiger partial charge in [-0.2, -0.15) is 5.26 Å². The molecule has 1 amide bonds. The number of carbonyl (C=O) groups excluding carboxylic acids is 1. The topological polar surface area (TPSA) is 56.1 Å². The minimum atomic E-state index is -1.05. The molecule has 4 aliphatic rings. The molecule has 3 aromatic rings. The maximum absolute atomic E-state index is 13.7. The molecule has 36 heavy (non-hydrogen) atoms. The lowest BCUT2D eigenvalue weighted by molar-refractivity contribution is -0.130. The first-order valence-corrected chi connectivity index (χ1v) is 13.3. The predicted octanol–water partition coefficient (Wildman–Crippen LogP) is 5.60. The number of rotatable bonds is 6. The third kappa shape index (κ3) is 3.92. The van der Waals surface area contributed by atoms with E-state index in [2.05, 4.69) is 83.0 Å². The highest BCUT2D eigenvalue weighted by Crippen LogP contribution is 2.60. The van der Waals surface area contributed by atoms with Crippen LogP contribution in [0.3, 0.4) is 0 Å². The number of amides is 1. The first kappa shape index (κ1) is 23.0. The highest BCUT2D eigenvalue weighted by atomic mass is 16.2. The average molecular weight is 476 g/mol. The van der Waals surface area contributed by atoms with Gasteiger partial charge in [-0.3, -0.25) is 9.69 Å². The molecule has 0 aromatic heterocycles. The summed E-state index contributed by atoms with van der Waals surface area (Å²) in [6, 6.07) is 30.0. The molecule has 182 valence electrons. The average Bonchev–Trinajstić information content (AvgIpc) is 2.94. The lowest BCUT2D eigenvalue weighted by Gasteiger charge is -2.49. The van der Waals surface area contributed by atoms with Crippen LogP contribution in [-0.2, 0) is 11.3 Å². The summed E-state index contributed by atoms with van der Waals surface area (Å²) in [5, 5.41) is 13.7. The van der Waals surface area contributed by atoms with Crippen LogP contribution in [0.25, 0.3) is 0 Å². The fraction of sp³-hybridized carbons (Fsp3) is 0.375. The zero-order valence-corrected chi connectivity index (χ0v) is 20.7. The number of piperidine rings is 1. The van der Waals surface area contributed by atoms with E-state index in [4.69, 9.17) is 0 Å². The molecule has 1 aliphatic heterocycles. The van der Waals surface area contributed by atoms with Gasteiger partial charge in [0.25, 0.3) is 0 Å². The molecule has 0 saturated carbocycles. The summed E-state index contributed by atoms with van der Waals surface area (Å²) < 4.78 is 0. The SMILES string of the molecule is N#CC1(C(=O)NCCC2CCN(Cc3ccccc3)CC2)CC2c3ccccc3C1c1ccccc12. The van der Waals surface area contributed by atoms with Gasteiger partial charge in [-0.1, -0.05) is 78.9 Å². The number of carbonyl (C=O) groups is 1. The van der Waals surface area contributed by atoms with Gasteiger partial charge in [0.1, 0.15) is 5.41 Å². The molecule has 2 bridgehead atoms. The normalized spacial score (nSPS) is 25.0. The van der Waals surface area contributed by atoms with Crippen molar-refractivity contribution in [3.8, 4) is 6.07 Å². The predicted molar refractivity (Wildman–Crippen MR) is 141 cm³/mol. The first-order chi connectivity index (χ1) is 17.7. The van der Waals surface area contributed by atoms with Crippen molar-refractivity contribution in [1.29, 1.82) is 5.26 Å². The number of hydrogen-bond donors (Lipinski definition) is 1. The fourth-order valence-corrected chi connectivity index (χ4v) is 6.92. The minimum absolute atomic E-state index is 0.0921. The molecule has 1 N–H and O–H groups in total. The van der Waals surface area contributed by atoms with Crippen LogP contribution in [0.2, 0.25) is 0 Å². The Morgan fingerprint density at radius 1 is 0.889 bits per heavy atom. The highest BCUT2D eigenvalue weighted by molar-refractivity contribution is 5.89. The number of hydrogen-bond acceptors (Lipinski definition) is 3. The Morgan fingerprint density at radius 2 is 1.47 bits per heavy atom. The molecule has 1 heterocycles. The van der Waals surface area contributed by atoms with Crippen LogP contribution < -0.4 is 5.32 Å². The fourth-order valence-electron chi connectivity index (χ4n) is 6.92. The van der Waals surface area contributed by atoms with Gasteiger partial charge in [0, 0.05) is 24.9 Å². The molecule has 1 fully saturated rings.